The Balaban J connectivity index is 2.82. The smallest absolute Gasteiger partial charge is 0.189 e. The molecule has 4 heteroatoms. The summed E-state index contributed by atoms with van der Waals surface area (Å²) in [5, 5.41) is 9.01. The van der Waals surface area contributed by atoms with E-state index in [4.69, 9.17) is 9.84 Å². The first-order chi connectivity index (χ1) is 6.02. The van der Waals surface area contributed by atoms with Gasteiger partial charge in [0.1, 0.15) is 0 Å². The Hall–Kier alpha value is -1.26. The number of carbonyl (C=O) groups excluding carboxylic acids is 2. The monoisotopic (exact) mass is 182 g/mol. The predicted molar refractivity (Wildman–Crippen MR) is 44.8 cm³/mol. The summed E-state index contributed by atoms with van der Waals surface area (Å²) in [7, 11) is 0. The Morgan fingerprint density at radius 1 is 1.69 bits per heavy atom. The van der Waals surface area contributed by atoms with Gasteiger partial charge in [-0.2, -0.15) is 0 Å². The standard InChI is InChI=1S/C9H10O4/c1-5(6(2)10)9-7(11)3-4-8(12)13-9/h3-4,8-9,12H,1H2,2H3/t8-,9+/m1/s1. The predicted octanol–water partition coefficient (Wildman–Crippen LogP) is -0.0259. The molecule has 4 nitrogen and oxygen atoms in total. The number of hydrogen-bond donors (Lipinski definition) is 1. The number of hydrogen-bond acceptors (Lipinski definition) is 4. The quantitative estimate of drug-likeness (QED) is 0.609. The van der Waals surface area contributed by atoms with Crippen LogP contribution in [0.25, 0.3) is 0 Å². The SMILES string of the molecule is C=C(C(C)=O)[C@@H]1O[C@@H](O)C=CC1=O. The lowest BCUT2D eigenvalue weighted by molar-refractivity contribution is -0.144. The van der Waals surface area contributed by atoms with Gasteiger partial charge in [-0.05, 0) is 19.1 Å². The van der Waals surface area contributed by atoms with E-state index < -0.39 is 12.4 Å². The molecule has 0 aliphatic carbocycles. The van der Waals surface area contributed by atoms with Crippen LogP contribution in [0.1, 0.15) is 6.92 Å². The fourth-order valence-electron chi connectivity index (χ4n) is 0.955. The zero-order chi connectivity index (χ0) is 10.0. The molecule has 1 heterocycles. The molecule has 70 valence electrons. The molecular weight excluding hydrogens is 172 g/mol. The minimum Gasteiger partial charge on any atom is -0.365 e. The van der Waals surface area contributed by atoms with Crippen LogP contribution in [-0.4, -0.2) is 29.1 Å². The van der Waals surface area contributed by atoms with Gasteiger partial charge in [0.05, 0.1) is 0 Å². The molecule has 0 aromatic heterocycles. The van der Waals surface area contributed by atoms with Crippen molar-refractivity contribution >= 4 is 11.6 Å². The van der Waals surface area contributed by atoms with Gasteiger partial charge < -0.3 is 9.84 Å². The van der Waals surface area contributed by atoms with E-state index in [1.165, 1.54) is 19.1 Å². The van der Waals surface area contributed by atoms with E-state index in [9.17, 15) is 9.59 Å². The molecule has 0 unspecified atom stereocenters. The zero-order valence-electron chi connectivity index (χ0n) is 7.19. The zero-order valence-corrected chi connectivity index (χ0v) is 7.19. The first kappa shape index (κ1) is 9.83. The number of carbonyl (C=O) groups is 2. The van der Waals surface area contributed by atoms with Crippen molar-refractivity contribution in [2.45, 2.75) is 19.3 Å². The third-order valence-corrected chi connectivity index (χ3v) is 1.73. The Morgan fingerprint density at radius 2 is 2.31 bits per heavy atom. The summed E-state index contributed by atoms with van der Waals surface area (Å²) >= 11 is 0. The van der Waals surface area contributed by atoms with E-state index in [0.717, 1.165) is 0 Å². The fraction of sp³-hybridized carbons (Fsp3) is 0.333. The average molecular weight is 182 g/mol. The Kier molecular flexibility index (Phi) is 2.75. The third kappa shape index (κ3) is 2.11. The average Bonchev–Trinajstić information content (AvgIpc) is 2.08. The van der Waals surface area contributed by atoms with Gasteiger partial charge >= 0.3 is 0 Å². The van der Waals surface area contributed by atoms with Gasteiger partial charge in [-0.3, -0.25) is 9.59 Å². The van der Waals surface area contributed by atoms with Crippen LogP contribution in [-0.2, 0) is 14.3 Å². The molecule has 0 bridgehead atoms. The molecule has 0 amide bonds. The molecule has 0 radical (unpaired) electrons. The molecule has 0 spiro atoms. The molecule has 13 heavy (non-hydrogen) atoms. The molecule has 1 N–H and O–H groups in total. The van der Waals surface area contributed by atoms with Crippen molar-refractivity contribution in [1.82, 2.24) is 0 Å². The summed E-state index contributed by atoms with van der Waals surface area (Å²) in [5.41, 5.74) is 0.0633. The van der Waals surface area contributed by atoms with Crippen molar-refractivity contribution in [2.75, 3.05) is 0 Å². The summed E-state index contributed by atoms with van der Waals surface area (Å²) < 4.78 is 4.82. The maximum Gasteiger partial charge on any atom is 0.189 e. The summed E-state index contributed by atoms with van der Waals surface area (Å²) in [4.78, 5) is 22.0. The van der Waals surface area contributed by atoms with Crippen LogP contribution in [0.3, 0.4) is 0 Å². The second kappa shape index (κ2) is 3.64. The maximum atomic E-state index is 11.1. The molecule has 0 fully saturated rings. The Bertz CT molecular complexity index is 290. The number of ether oxygens (including phenoxy) is 1. The van der Waals surface area contributed by atoms with Gasteiger partial charge in [-0.15, -0.1) is 0 Å². The minimum atomic E-state index is -1.14. The van der Waals surface area contributed by atoms with E-state index in [2.05, 4.69) is 6.58 Å². The van der Waals surface area contributed by atoms with Crippen molar-refractivity contribution in [2.24, 2.45) is 0 Å². The minimum absolute atomic E-state index is 0.0633. The highest BCUT2D eigenvalue weighted by molar-refractivity contribution is 6.05. The lowest BCUT2D eigenvalue weighted by Crippen LogP contribution is -2.34. The molecule has 1 rings (SSSR count). The molecule has 0 saturated carbocycles. The van der Waals surface area contributed by atoms with Crippen LogP contribution in [0.15, 0.2) is 24.3 Å². The van der Waals surface area contributed by atoms with Gasteiger partial charge in [0.15, 0.2) is 24.0 Å². The van der Waals surface area contributed by atoms with E-state index in [0.29, 0.717) is 0 Å². The van der Waals surface area contributed by atoms with Gasteiger partial charge in [-0.1, -0.05) is 6.58 Å². The van der Waals surface area contributed by atoms with Crippen LogP contribution >= 0.6 is 0 Å². The van der Waals surface area contributed by atoms with Crippen LogP contribution in [0, 0.1) is 0 Å². The lowest BCUT2D eigenvalue weighted by Gasteiger charge is -2.21. The van der Waals surface area contributed by atoms with E-state index in [1.807, 2.05) is 0 Å². The summed E-state index contributed by atoms with van der Waals surface area (Å²) in [6.07, 6.45) is 0.232. The second-order valence-corrected chi connectivity index (χ2v) is 2.75. The number of rotatable bonds is 2. The van der Waals surface area contributed by atoms with Crippen LogP contribution < -0.4 is 0 Å². The highest BCUT2D eigenvalue weighted by Gasteiger charge is 2.28. The van der Waals surface area contributed by atoms with Crippen LogP contribution in [0.4, 0.5) is 0 Å². The highest BCUT2D eigenvalue weighted by atomic mass is 16.6. The molecule has 0 aromatic carbocycles. The number of aliphatic hydroxyl groups is 1. The second-order valence-electron chi connectivity index (χ2n) is 2.75. The van der Waals surface area contributed by atoms with Crippen LogP contribution in [0.2, 0.25) is 0 Å². The number of ketones is 2. The molecular formula is C9H10O4. The van der Waals surface area contributed by atoms with Gasteiger partial charge in [-0.25, -0.2) is 0 Å². The fourth-order valence-corrected chi connectivity index (χ4v) is 0.955. The van der Waals surface area contributed by atoms with Crippen molar-refractivity contribution in [3.05, 3.63) is 24.3 Å². The van der Waals surface area contributed by atoms with Crippen LogP contribution in [0.5, 0.6) is 0 Å². The largest absolute Gasteiger partial charge is 0.365 e. The van der Waals surface area contributed by atoms with Gasteiger partial charge in [0, 0.05) is 5.57 Å². The first-order valence-corrected chi connectivity index (χ1v) is 3.77. The molecule has 1 aliphatic rings. The maximum absolute atomic E-state index is 11.1. The summed E-state index contributed by atoms with van der Waals surface area (Å²) in [6, 6.07) is 0. The van der Waals surface area contributed by atoms with Crippen molar-refractivity contribution in [3.63, 3.8) is 0 Å². The van der Waals surface area contributed by atoms with E-state index in [1.54, 1.807) is 0 Å². The number of Topliss-reactive ketones (excluding diaryl/α,β-unsaturated/α-hetero) is 1. The van der Waals surface area contributed by atoms with Gasteiger partial charge in [0.25, 0.3) is 0 Å². The van der Waals surface area contributed by atoms with Crippen molar-refractivity contribution < 1.29 is 19.4 Å². The highest BCUT2D eigenvalue weighted by Crippen LogP contribution is 2.14. The lowest BCUT2D eigenvalue weighted by atomic mass is 10.0. The Morgan fingerprint density at radius 3 is 2.85 bits per heavy atom. The van der Waals surface area contributed by atoms with Gasteiger partial charge in [0.2, 0.25) is 0 Å². The molecule has 2 atom stereocenters. The third-order valence-electron chi connectivity index (χ3n) is 1.73. The summed E-state index contributed by atoms with van der Waals surface area (Å²) in [6.45, 7) is 4.72. The molecule has 0 aromatic rings. The van der Waals surface area contributed by atoms with E-state index in [-0.39, 0.29) is 17.1 Å². The molecule has 1 aliphatic heterocycles. The first-order valence-electron chi connectivity index (χ1n) is 3.77. The normalized spacial score (nSPS) is 27.4. The summed E-state index contributed by atoms with van der Waals surface area (Å²) in [5.74, 6) is -0.689. The Labute approximate surface area is 75.5 Å². The number of aliphatic hydroxyl groups excluding tert-OH is 1. The van der Waals surface area contributed by atoms with Crippen molar-refractivity contribution in [3.8, 4) is 0 Å². The molecule has 0 saturated heterocycles. The topological polar surface area (TPSA) is 63.6 Å². The van der Waals surface area contributed by atoms with E-state index >= 15 is 0 Å². The van der Waals surface area contributed by atoms with Crippen molar-refractivity contribution in [1.29, 1.82) is 0 Å².